The van der Waals surface area contributed by atoms with Crippen molar-refractivity contribution in [3.63, 3.8) is 0 Å². The molecule has 7 heteroatoms. The molecule has 0 aliphatic carbocycles. The number of halogens is 3. The summed E-state index contributed by atoms with van der Waals surface area (Å²) < 4.78 is 37.0. The van der Waals surface area contributed by atoms with E-state index >= 15 is 0 Å². The van der Waals surface area contributed by atoms with E-state index in [2.05, 4.69) is 9.88 Å². The number of pyridine rings is 1. The summed E-state index contributed by atoms with van der Waals surface area (Å²) in [5, 5.41) is 0. The van der Waals surface area contributed by atoms with E-state index in [1.54, 1.807) is 6.20 Å². The predicted octanol–water partition coefficient (Wildman–Crippen LogP) is 2.18. The number of anilines is 1. The van der Waals surface area contributed by atoms with Crippen molar-refractivity contribution < 1.29 is 13.2 Å². The summed E-state index contributed by atoms with van der Waals surface area (Å²) in [6, 6.07) is 3.77. The zero-order valence-electron chi connectivity index (χ0n) is 12.1. The summed E-state index contributed by atoms with van der Waals surface area (Å²) in [5.41, 5.74) is 7.69. The first-order chi connectivity index (χ1) is 9.89. The van der Waals surface area contributed by atoms with E-state index in [0.717, 1.165) is 17.8 Å². The summed E-state index contributed by atoms with van der Waals surface area (Å²) >= 11 is 0. The highest BCUT2D eigenvalue weighted by Crippen LogP contribution is 2.21. The van der Waals surface area contributed by atoms with Crippen molar-refractivity contribution in [1.82, 2.24) is 9.88 Å². The Morgan fingerprint density at radius 2 is 1.90 bits per heavy atom. The van der Waals surface area contributed by atoms with Gasteiger partial charge >= 0.3 is 6.18 Å². The van der Waals surface area contributed by atoms with E-state index in [4.69, 9.17) is 5.73 Å². The zero-order valence-corrected chi connectivity index (χ0v) is 12.1. The number of nitrogens with zero attached hydrogens (tertiary/aromatic N) is 3. The minimum atomic E-state index is -4.12. The number of hydrogen-bond donors (Lipinski definition) is 1. The van der Waals surface area contributed by atoms with Gasteiger partial charge in [0.25, 0.3) is 0 Å². The van der Waals surface area contributed by atoms with Crippen molar-refractivity contribution in [2.75, 3.05) is 37.6 Å². The summed E-state index contributed by atoms with van der Waals surface area (Å²) in [6.45, 7) is 3.16. The molecule has 2 N–H and O–H groups in total. The molecule has 0 saturated carbocycles. The lowest BCUT2D eigenvalue weighted by Crippen LogP contribution is -2.49. The highest BCUT2D eigenvalue weighted by atomic mass is 19.4. The van der Waals surface area contributed by atoms with Gasteiger partial charge in [-0.25, -0.2) is 0 Å². The van der Waals surface area contributed by atoms with E-state index in [1.165, 1.54) is 4.90 Å². The molecular weight excluding hydrogens is 281 g/mol. The van der Waals surface area contributed by atoms with Gasteiger partial charge in [-0.3, -0.25) is 9.88 Å². The molecule has 2 heterocycles. The van der Waals surface area contributed by atoms with E-state index in [9.17, 15) is 13.2 Å². The Labute approximate surface area is 122 Å². The quantitative estimate of drug-likeness (QED) is 0.926. The van der Waals surface area contributed by atoms with Crippen LogP contribution in [-0.2, 0) is 0 Å². The lowest BCUT2D eigenvalue weighted by Gasteiger charge is -2.36. The van der Waals surface area contributed by atoms with Crippen molar-refractivity contribution in [2.45, 2.75) is 25.6 Å². The van der Waals surface area contributed by atoms with Crippen LogP contribution >= 0.6 is 0 Å². The fourth-order valence-electron chi connectivity index (χ4n) is 2.43. The van der Waals surface area contributed by atoms with Gasteiger partial charge in [-0.05, 0) is 18.6 Å². The lowest BCUT2D eigenvalue weighted by atomic mass is 10.1. The maximum Gasteiger partial charge on any atom is 0.401 e. The molecular formula is C14H21F3N4. The summed E-state index contributed by atoms with van der Waals surface area (Å²) in [7, 11) is 0. The molecule has 1 atom stereocenters. The van der Waals surface area contributed by atoms with Crippen LogP contribution in [0.1, 0.15) is 25.1 Å². The third-order valence-electron chi connectivity index (χ3n) is 3.73. The molecule has 0 amide bonds. The molecule has 1 unspecified atom stereocenters. The second-order valence-electron chi connectivity index (χ2n) is 5.33. The zero-order chi connectivity index (χ0) is 15.5. The van der Waals surface area contributed by atoms with E-state index < -0.39 is 12.7 Å². The molecule has 21 heavy (non-hydrogen) atoms. The first-order valence-electron chi connectivity index (χ1n) is 7.14. The number of aromatic nitrogens is 1. The SMILES string of the molecule is CCC(N)c1ccc(N2CCN(CC(F)(F)F)CC2)cn1. The van der Waals surface area contributed by atoms with Gasteiger partial charge in [0.15, 0.2) is 0 Å². The Morgan fingerprint density at radius 3 is 2.38 bits per heavy atom. The Bertz CT molecular complexity index is 439. The fraction of sp³-hybridized carbons (Fsp3) is 0.643. The van der Waals surface area contributed by atoms with Crippen molar-refractivity contribution in [3.8, 4) is 0 Å². The molecule has 1 aromatic rings. The van der Waals surface area contributed by atoms with Crippen LogP contribution in [0.25, 0.3) is 0 Å². The van der Waals surface area contributed by atoms with Gasteiger partial charge in [0.2, 0.25) is 0 Å². The Balaban J connectivity index is 1.90. The molecule has 1 saturated heterocycles. The Hall–Kier alpha value is -1.34. The summed E-state index contributed by atoms with van der Waals surface area (Å²) in [5.74, 6) is 0. The topological polar surface area (TPSA) is 45.4 Å². The van der Waals surface area contributed by atoms with Crippen LogP contribution in [0.5, 0.6) is 0 Å². The maximum atomic E-state index is 12.3. The standard InChI is InChI=1S/C14H21F3N4/c1-2-12(18)13-4-3-11(9-19-13)21-7-5-20(6-8-21)10-14(15,16)17/h3-4,9,12H,2,5-8,10,18H2,1H3. The van der Waals surface area contributed by atoms with E-state index in [0.29, 0.717) is 26.2 Å². The predicted molar refractivity (Wildman–Crippen MR) is 76.2 cm³/mol. The number of rotatable bonds is 4. The maximum absolute atomic E-state index is 12.3. The molecule has 2 rings (SSSR count). The number of hydrogen-bond acceptors (Lipinski definition) is 4. The largest absolute Gasteiger partial charge is 0.401 e. The molecule has 1 fully saturated rings. The van der Waals surface area contributed by atoms with Crippen LogP contribution in [0.4, 0.5) is 18.9 Å². The van der Waals surface area contributed by atoms with Gasteiger partial charge in [0.05, 0.1) is 24.1 Å². The van der Waals surface area contributed by atoms with Gasteiger partial charge in [-0.1, -0.05) is 6.92 Å². The first-order valence-corrected chi connectivity index (χ1v) is 7.14. The summed E-state index contributed by atoms with van der Waals surface area (Å²) in [6.07, 6.45) is -1.55. The number of alkyl halides is 3. The highest BCUT2D eigenvalue weighted by molar-refractivity contribution is 5.45. The molecule has 0 bridgehead atoms. The van der Waals surface area contributed by atoms with Gasteiger partial charge in [0.1, 0.15) is 0 Å². The molecule has 1 aliphatic rings. The molecule has 1 aromatic heterocycles. The van der Waals surface area contributed by atoms with Gasteiger partial charge in [-0.2, -0.15) is 13.2 Å². The van der Waals surface area contributed by atoms with Gasteiger partial charge < -0.3 is 10.6 Å². The first kappa shape index (κ1) is 16.0. The van der Waals surface area contributed by atoms with Crippen LogP contribution in [-0.4, -0.2) is 48.8 Å². The van der Waals surface area contributed by atoms with Crippen LogP contribution in [0, 0.1) is 0 Å². The van der Waals surface area contributed by atoms with Crippen LogP contribution in [0.2, 0.25) is 0 Å². The minimum absolute atomic E-state index is 0.0670. The second kappa shape index (κ2) is 6.62. The number of nitrogens with two attached hydrogens (primary N) is 1. The lowest BCUT2D eigenvalue weighted by molar-refractivity contribution is -0.146. The monoisotopic (exact) mass is 302 g/mol. The highest BCUT2D eigenvalue weighted by Gasteiger charge is 2.32. The van der Waals surface area contributed by atoms with Crippen LogP contribution in [0.15, 0.2) is 18.3 Å². The van der Waals surface area contributed by atoms with Gasteiger partial charge in [-0.15, -0.1) is 0 Å². The van der Waals surface area contributed by atoms with Crippen LogP contribution in [0.3, 0.4) is 0 Å². The van der Waals surface area contributed by atoms with Crippen molar-refractivity contribution in [3.05, 3.63) is 24.0 Å². The van der Waals surface area contributed by atoms with Crippen molar-refractivity contribution in [2.24, 2.45) is 5.73 Å². The second-order valence-corrected chi connectivity index (χ2v) is 5.33. The van der Waals surface area contributed by atoms with Crippen molar-refractivity contribution in [1.29, 1.82) is 0 Å². The van der Waals surface area contributed by atoms with Gasteiger partial charge in [0, 0.05) is 32.2 Å². The smallest absolute Gasteiger partial charge is 0.368 e. The molecule has 0 radical (unpaired) electrons. The third kappa shape index (κ3) is 4.57. The molecule has 0 spiro atoms. The van der Waals surface area contributed by atoms with E-state index in [1.807, 2.05) is 19.1 Å². The Kier molecular flexibility index (Phi) is 5.05. The third-order valence-corrected chi connectivity index (χ3v) is 3.73. The normalized spacial score (nSPS) is 18.8. The average molecular weight is 302 g/mol. The summed E-state index contributed by atoms with van der Waals surface area (Å²) in [4.78, 5) is 7.84. The molecule has 1 aliphatic heterocycles. The average Bonchev–Trinajstić information content (AvgIpc) is 2.46. The minimum Gasteiger partial charge on any atom is -0.368 e. The molecule has 118 valence electrons. The van der Waals surface area contributed by atoms with Crippen LogP contribution < -0.4 is 10.6 Å². The fourth-order valence-corrected chi connectivity index (χ4v) is 2.43. The molecule has 4 nitrogen and oxygen atoms in total. The molecule has 0 aromatic carbocycles. The van der Waals surface area contributed by atoms with Crippen molar-refractivity contribution >= 4 is 5.69 Å². The number of piperazine rings is 1. The van der Waals surface area contributed by atoms with E-state index in [-0.39, 0.29) is 6.04 Å². The Morgan fingerprint density at radius 1 is 1.24 bits per heavy atom.